The number of rotatable bonds is 4. The van der Waals surface area contributed by atoms with Crippen LogP contribution in [-0.2, 0) is 4.79 Å². The summed E-state index contributed by atoms with van der Waals surface area (Å²) in [6.07, 6.45) is 5.04. The molecule has 0 bridgehead atoms. The normalized spacial score (nSPS) is 16.7. The molecular weight excluding hydrogens is 290 g/mol. The van der Waals surface area contributed by atoms with Gasteiger partial charge in [0, 0.05) is 25.5 Å². The van der Waals surface area contributed by atoms with E-state index in [2.05, 4.69) is 22.2 Å². The van der Waals surface area contributed by atoms with Crippen molar-refractivity contribution in [1.82, 2.24) is 14.8 Å². The van der Waals surface area contributed by atoms with Crippen LogP contribution < -0.4 is 5.32 Å². The van der Waals surface area contributed by atoms with E-state index in [0.29, 0.717) is 5.82 Å². The van der Waals surface area contributed by atoms with Gasteiger partial charge in [0.2, 0.25) is 0 Å². The Balaban J connectivity index is 2.01. The third-order valence-electron chi connectivity index (χ3n) is 4.18. The van der Waals surface area contributed by atoms with Crippen LogP contribution in [0.2, 0.25) is 0 Å². The summed E-state index contributed by atoms with van der Waals surface area (Å²) >= 11 is 0. The molecule has 0 spiro atoms. The minimum atomic E-state index is -0.248. The van der Waals surface area contributed by atoms with Gasteiger partial charge in [-0.2, -0.15) is 5.26 Å². The molecule has 1 fully saturated rings. The average molecular weight is 313 g/mol. The molecule has 6 nitrogen and oxygen atoms in total. The lowest BCUT2D eigenvalue weighted by Crippen LogP contribution is -2.44. The van der Waals surface area contributed by atoms with E-state index in [1.54, 1.807) is 18.1 Å². The molecule has 23 heavy (non-hydrogen) atoms. The van der Waals surface area contributed by atoms with Crippen molar-refractivity contribution in [3.63, 3.8) is 0 Å². The SMILES string of the molecule is Cc1ccc(N/C=C(/C#N)C(=O)N(C)C2CCN(C)CC2)nc1. The van der Waals surface area contributed by atoms with Crippen molar-refractivity contribution in [1.29, 1.82) is 5.26 Å². The third kappa shape index (κ3) is 4.54. The predicted octanol–water partition coefficient (Wildman–Crippen LogP) is 1.76. The van der Waals surface area contributed by atoms with Crippen LogP contribution in [0.4, 0.5) is 5.82 Å². The Labute approximate surface area is 137 Å². The molecule has 2 rings (SSSR count). The lowest BCUT2D eigenvalue weighted by molar-refractivity contribution is -0.128. The minimum Gasteiger partial charge on any atom is -0.345 e. The third-order valence-corrected chi connectivity index (χ3v) is 4.18. The molecule has 1 saturated heterocycles. The predicted molar refractivity (Wildman–Crippen MR) is 89.6 cm³/mol. The van der Waals surface area contributed by atoms with Crippen LogP contribution >= 0.6 is 0 Å². The highest BCUT2D eigenvalue weighted by Crippen LogP contribution is 2.16. The number of carbonyl (C=O) groups is 1. The highest BCUT2D eigenvalue weighted by atomic mass is 16.2. The summed E-state index contributed by atoms with van der Waals surface area (Å²) in [5.41, 5.74) is 1.15. The summed E-state index contributed by atoms with van der Waals surface area (Å²) in [4.78, 5) is 20.6. The maximum absolute atomic E-state index is 12.5. The second-order valence-corrected chi connectivity index (χ2v) is 5.99. The van der Waals surface area contributed by atoms with E-state index in [9.17, 15) is 10.1 Å². The zero-order valence-corrected chi connectivity index (χ0v) is 13.9. The number of aromatic nitrogens is 1. The molecule has 6 heteroatoms. The number of hydrogen-bond acceptors (Lipinski definition) is 5. The standard InChI is InChI=1S/C17H23N5O/c1-13-4-5-16(19-11-13)20-12-14(10-18)17(23)22(3)15-6-8-21(2)9-7-15/h4-5,11-12,15H,6-9H2,1-3H3,(H,19,20)/b14-12-. The number of nitriles is 1. The quantitative estimate of drug-likeness (QED) is 0.677. The Morgan fingerprint density at radius 3 is 2.74 bits per heavy atom. The molecule has 0 aliphatic carbocycles. The van der Waals surface area contributed by atoms with E-state index in [1.807, 2.05) is 25.1 Å². The summed E-state index contributed by atoms with van der Waals surface area (Å²) in [7, 11) is 3.85. The fraction of sp³-hybridized carbons (Fsp3) is 0.471. The van der Waals surface area contributed by atoms with Gasteiger partial charge in [-0.05, 0) is 51.5 Å². The van der Waals surface area contributed by atoms with Crippen LogP contribution in [0.15, 0.2) is 30.1 Å². The van der Waals surface area contributed by atoms with E-state index in [0.717, 1.165) is 31.5 Å². The monoisotopic (exact) mass is 313 g/mol. The first-order valence-electron chi connectivity index (χ1n) is 7.76. The number of amides is 1. The number of likely N-dealkylation sites (N-methyl/N-ethyl adjacent to an activating group) is 1. The number of nitrogens with one attached hydrogen (secondary N) is 1. The molecule has 1 aromatic rings. The number of nitrogens with zero attached hydrogens (tertiary/aromatic N) is 4. The van der Waals surface area contributed by atoms with Gasteiger partial charge >= 0.3 is 0 Å². The van der Waals surface area contributed by atoms with E-state index < -0.39 is 0 Å². The fourth-order valence-corrected chi connectivity index (χ4v) is 2.58. The Kier molecular flexibility index (Phi) is 5.72. The highest BCUT2D eigenvalue weighted by Gasteiger charge is 2.25. The molecule has 1 aromatic heterocycles. The van der Waals surface area contributed by atoms with Crippen LogP contribution in [0.5, 0.6) is 0 Å². The highest BCUT2D eigenvalue weighted by molar-refractivity contribution is 5.97. The number of pyridine rings is 1. The second-order valence-electron chi connectivity index (χ2n) is 5.99. The summed E-state index contributed by atoms with van der Waals surface area (Å²) < 4.78 is 0. The molecule has 0 aromatic carbocycles. The lowest BCUT2D eigenvalue weighted by Gasteiger charge is -2.34. The van der Waals surface area contributed by atoms with Crippen molar-refractivity contribution in [3.8, 4) is 6.07 Å². The van der Waals surface area contributed by atoms with Crippen molar-refractivity contribution < 1.29 is 4.79 Å². The number of hydrogen-bond donors (Lipinski definition) is 1. The molecule has 2 heterocycles. The van der Waals surface area contributed by atoms with Gasteiger partial charge in [0.25, 0.3) is 5.91 Å². The van der Waals surface area contributed by atoms with Gasteiger partial charge in [-0.3, -0.25) is 4.79 Å². The van der Waals surface area contributed by atoms with Crippen molar-refractivity contribution in [2.45, 2.75) is 25.8 Å². The number of piperidine rings is 1. The van der Waals surface area contributed by atoms with Crippen LogP contribution in [0.3, 0.4) is 0 Å². The Hall–Kier alpha value is -2.39. The molecule has 0 saturated carbocycles. The van der Waals surface area contributed by atoms with Crippen molar-refractivity contribution >= 4 is 11.7 Å². The van der Waals surface area contributed by atoms with Gasteiger partial charge in [-0.25, -0.2) is 4.98 Å². The van der Waals surface area contributed by atoms with Crippen LogP contribution in [0, 0.1) is 18.3 Å². The van der Waals surface area contributed by atoms with Crippen molar-refractivity contribution in [3.05, 3.63) is 35.7 Å². The van der Waals surface area contributed by atoms with Gasteiger partial charge in [-0.15, -0.1) is 0 Å². The number of anilines is 1. The van der Waals surface area contributed by atoms with Crippen LogP contribution in [0.25, 0.3) is 0 Å². The minimum absolute atomic E-state index is 0.0915. The second kappa shape index (κ2) is 7.75. The first kappa shape index (κ1) is 17.0. The van der Waals surface area contributed by atoms with Gasteiger partial charge in [0.1, 0.15) is 17.5 Å². The molecule has 122 valence electrons. The van der Waals surface area contributed by atoms with Gasteiger partial charge in [-0.1, -0.05) is 6.07 Å². The number of likely N-dealkylation sites (tertiary alicyclic amines) is 1. The molecule has 1 N–H and O–H groups in total. The molecule has 1 aliphatic rings. The first-order valence-corrected chi connectivity index (χ1v) is 7.76. The maximum atomic E-state index is 12.5. The molecule has 0 atom stereocenters. The number of aryl methyl sites for hydroxylation is 1. The lowest BCUT2D eigenvalue weighted by atomic mass is 10.0. The van der Waals surface area contributed by atoms with Gasteiger partial charge in [0.05, 0.1) is 0 Å². The summed E-state index contributed by atoms with van der Waals surface area (Å²) in [6.45, 7) is 3.90. The summed E-state index contributed by atoms with van der Waals surface area (Å²) in [5, 5.41) is 12.2. The van der Waals surface area contributed by atoms with E-state index in [-0.39, 0.29) is 17.5 Å². The molecule has 1 aliphatic heterocycles. The zero-order chi connectivity index (χ0) is 16.8. The average Bonchev–Trinajstić information content (AvgIpc) is 2.57. The topological polar surface area (TPSA) is 72.3 Å². The molecular formula is C17H23N5O. The van der Waals surface area contributed by atoms with Crippen molar-refractivity contribution in [2.24, 2.45) is 0 Å². The zero-order valence-electron chi connectivity index (χ0n) is 13.9. The maximum Gasteiger partial charge on any atom is 0.266 e. The Bertz CT molecular complexity index is 609. The molecule has 1 amide bonds. The first-order chi connectivity index (χ1) is 11.0. The van der Waals surface area contributed by atoms with Crippen LogP contribution in [0.1, 0.15) is 18.4 Å². The smallest absolute Gasteiger partial charge is 0.266 e. The van der Waals surface area contributed by atoms with E-state index in [1.165, 1.54) is 6.20 Å². The van der Waals surface area contributed by atoms with Gasteiger partial charge < -0.3 is 15.1 Å². The molecule has 0 unspecified atom stereocenters. The van der Waals surface area contributed by atoms with E-state index >= 15 is 0 Å². The van der Waals surface area contributed by atoms with E-state index in [4.69, 9.17) is 0 Å². The molecule has 0 radical (unpaired) electrons. The Morgan fingerprint density at radius 2 is 2.17 bits per heavy atom. The summed E-state index contributed by atoms with van der Waals surface area (Å²) in [5.74, 6) is 0.361. The summed E-state index contributed by atoms with van der Waals surface area (Å²) in [6, 6.07) is 5.90. The largest absolute Gasteiger partial charge is 0.345 e. The Morgan fingerprint density at radius 1 is 1.48 bits per heavy atom. The van der Waals surface area contributed by atoms with Crippen LogP contribution in [-0.4, -0.2) is 53.9 Å². The van der Waals surface area contributed by atoms with Crippen molar-refractivity contribution in [2.75, 3.05) is 32.5 Å². The number of carbonyl (C=O) groups excluding carboxylic acids is 1. The van der Waals surface area contributed by atoms with Gasteiger partial charge in [0.15, 0.2) is 0 Å². The fourth-order valence-electron chi connectivity index (χ4n) is 2.58.